The average molecular weight is 581 g/mol. The smallest absolute Gasteiger partial charge is 0.413 e. The molecule has 4 N–H and O–H groups in total. The van der Waals surface area contributed by atoms with Gasteiger partial charge >= 0.3 is 12.1 Å². The van der Waals surface area contributed by atoms with E-state index < -0.39 is 35.2 Å². The van der Waals surface area contributed by atoms with Crippen molar-refractivity contribution in [3.8, 4) is 0 Å². The van der Waals surface area contributed by atoms with Crippen LogP contribution in [0.5, 0.6) is 0 Å². The number of hydrogen-bond acceptors (Lipinski definition) is 9. The highest BCUT2D eigenvalue weighted by atomic mass is 127. The van der Waals surface area contributed by atoms with Gasteiger partial charge in [0.15, 0.2) is 10.8 Å². The summed E-state index contributed by atoms with van der Waals surface area (Å²) in [6.45, 7) is 7.63. The number of nitrogens with zero attached hydrogens (tertiary/aromatic N) is 2. The lowest BCUT2D eigenvalue weighted by Gasteiger charge is -2.35. The van der Waals surface area contributed by atoms with Crippen molar-refractivity contribution in [2.24, 2.45) is 5.16 Å². The van der Waals surface area contributed by atoms with Gasteiger partial charge in [-0.1, -0.05) is 27.7 Å². The number of carboxylic acids is 1. The van der Waals surface area contributed by atoms with E-state index in [0.717, 1.165) is 11.3 Å². The number of carbonyl (C=O) groups excluding carboxylic acids is 3. The zero-order valence-corrected chi connectivity index (χ0v) is 21.0. The van der Waals surface area contributed by atoms with Crippen molar-refractivity contribution in [3.05, 3.63) is 11.1 Å². The molecule has 2 rings (SSSR count). The lowest BCUT2D eigenvalue weighted by atomic mass is 10.0. The number of aliphatic carboxylic acids is 1. The minimum atomic E-state index is -1.72. The summed E-state index contributed by atoms with van der Waals surface area (Å²) in [6.07, 6.45) is -0.736. The van der Waals surface area contributed by atoms with Crippen LogP contribution in [0.3, 0.4) is 0 Å². The van der Waals surface area contributed by atoms with Gasteiger partial charge in [-0.15, -0.1) is 11.3 Å². The van der Waals surface area contributed by atoms with Crippen LogP contribution in [0.1, 0.15) is 40.3 Å². The largest absolute Gasteiger partial charge is 0.478 e. The first-order valence-corrected chi connectivity index (χ1v) is 11.8. The Hall–Kier alpha value is -2.49. The minimum absolute atomic E-state index is 0.0190. The van der Waals surface area contributed by atoms with E-state index in [9.17, 15) is 24.3 Å². The van der Waals surface area contributed by atoms with Gasteiger partial charge in [-0.05, 0) is 34.6 Å². The predicted octanol–water partition coefficient (Wildman–Crippen LogP) is 1.49. The van der Waals surface area contributed by atoms with Gasteiger partial charge in [-0.2, -0.15) is 0 Å². The summed E-state index contributed by atoms with van der Waals surface area (Å²) < 4.78 is 5.73. The van der Waals surface area contributed by atoms with Crippen molar-refractivity contribution in [2.45, 2.75) is 57.9 Å². The molecule has 0 unspecified atom stereocenters. The molecule has 1 aliphatic rings. The first-order valence-electron chi connectivity index (χ1n) is 9.36. The van der Waals surface area contributed by atoms with Crippen molar-refractivity contribution >= 4 is 68.6 Å². The third kappa shape index (κ3) is 6.75. The summed E-state index contributed by atoms with van der Waals surface area (Å²) in [5, 5.41) is 22.2. The Morgan fingerprint density at radius 1 is 1.31 bits per heavy atom. The molecule has 0 saturated carbocycles. The Labute approximate surface area is 201 Å². The molecular weight excluding hydrogens is 557 g/mol. The van der Waals surface area contributed by atoms with Crippen molar-refractivity contribution in [2.75, 3.05) is 9.74 Å². The first kappa shape index (κ1) is 25.8. The van der Waals surface area contributed by atoms with E-state index in [1.165, 1.54) is 19.2 Å². The van der Waals surface area contributed by atoms with Crippen LogP contribution in [0.4, 0.5) is 9.93 Å². The number of carboxylic acid groups (broad SMARTS) is 1. The van der Waals surface area contributed by atoms with E-state index in [1.54, 1.807) is 20.8 Å². The molecule has 1 saturated heterocycles. The van der Waals surface area contributed by atoms with Crippen molar-refractivity contribution in [1.29, 1.82) is 0 Å². The number of hydrogen-bond donors (Lipinski definition) is 4. The molecule has 3 amide bonds. The minimum Gasteiger partial charge on any atom is -0.478 e. The van der Waals surface area contributed by atoms with E-state index in [0.29, 0.717) is 4.43 Å². The highest BCUT2D eigenvalue weighted by Gasteiger charge is 2.40. The maximum atomic E-state index is 12.9. The van der Waals surface area contributed by atoms with Crippen molar-refractivity contribution in [3.63, 3.8) is 0 Å². The molecule has 0 aromatic carbocycles. The second-order valence-electron chi connectivity index (χ2n) is 8.23. The number of halogens is 1. The molecule has 2 heterocycles. The lowest BCUT2D eigenvalue weighted by Crippen LogP contribution is -2.70. The SMILES string of the molecule is CC(C)(C)OC(=O)Nc1nc(C(=NOC(C)(C)C(=O)O)C(=O)N[C@@H]2C(=O)N[C@@H]2CI)cs1. The van der Waals surface area contributed by atoms with Gasteiger partial charge in [-0.3, -0.25) is 14.9 Å². The van der Waals surface area contributed by atoms with Crippen molar-refractivity contribution in [1.82, 2.24) is 15.6 Å². The maximum absolute atomic E-state index is 12.9. The third-order valence-corrected chi connectivity index (χ3v) is 5.62. The Bertz CT molecular complexity index is 940. The normalized spacial score (nSPS) is 18.8. The Balaban J connectivity index is 2.26. The number of β-lactam (4-membered cyclic amide) rings is 1. The molecule has 2 atom stereocenters. The van der Waals surface area contributed by atoms with Crippen LogP contribution in [-0.2, 0) is 24.0 Å². The molecule has 0 aliphatic carbocycles. The molecular formula is C18H24IN5O7S. The van der Waals surface area contributed by atoms with Crippen LogP contribution < -0.4 is 16.0 Å². The molecule has 14 heteroatoms. The number of anilines is 1. The second-order valence-corrected chi connectivity index (χ2v) is 9.97. The zero-order valence-electron chi connectivity index (χ0n) is 18.0. The number of nitrogens with one attached hydrogen (secondary N) is 3. The van der Waals surface area contributed by atoms with Gasteiger partial charge in [0.25, 0.3) is 5.91 Å². The maximum Gasteiger partial charge on any atom is 0.413 e. The standard InChI is InChI=1S/C18H24IN5O7S/c1-17(2,3)30-16(29)23-15-21-9(7-32-15)11(24-31-18(4,5)14(27)28)13(26)22-10-8(6-19)20-12(10)25/h7-8,10H,6H2,1-5H3,(H,20,25)(H,22,26)(H,27,28)(H,21,23,29)/t8-,10+/m1/s1. The summed E-state index contributed by atoms with van der Waals surface area (Å²) >= 11 is 3.07. The predicted molar refractivity (Wildman–Crippen MR) is 124 cm³/mol. The van der Waals surface area contributed by atoms with E-state index in [2.05, 4.69) is 48.7 Å². The Morgan fingerprint density at radius 3 is 2.50 bits per heavy atom. The van der Waals surface area contributed by atoms with E-state index in [1.807, 2.05) is 0 Å². The number of amides is 3. The number of oxime groups is 1. The first-order chi connectivity index (χ1) is 14.7. The topological polar surface area (TPSA) is 168 Å². The fourth-order valence-electron chi connectivity index (χ4n) is 2.18. The second kappa shape index (κ2) is 9.97. The van der Waals surface area contributed by atoms with Crippen LogP contribution in [-0.4, -0.2) is 67.4 Å². The van der Waals surface area contributed by atoms with Gasteiger partial charge in [0, 0.05) is 9.81 Å². The molecule has 12 nitrogen and oxygen atoms in total. The number of carbonyl (C=O) groups is 4. The lowest BCUT2D eigenvalue weighted by molar-refractivity contribution is -0.161. The van der Waals surface area contributed by atoms with Crippen molar-refractivity contribution < 1.29 is 33.9 Å². The van der Waals surface area contributed by atoms with Crippen LogP contribution in [0, 0.1) is 0 Å². The summed E-state index contributed by atoms with van der Waals surface area (Å²) in [7, 11) is 0. The summed E-state index contributed by atoms with van der Waals surface area (Å²) in [6, 6.07) is -1.01. The molecule has 1 fully saturated rings. The van der Waals surface area contributed by atoms with E-state index >= 15 is 0 Å². The summed E-state index contributed by atoms with van der Waals surface area (Å²) in [5.74, 6) is -2.43. The fraction of sp³-hybridized carbons (Fsp3) is 0.556. The van der Waals surface area contributed by atoms with Gasteiger partial charge in [0.05, 0.1) is 6.04 Å². The molecule has 0 radical (unpaired) electrons. The molecule has 1 aromatic heterocycles. The summed E-state index contributed by atoms with van der Waals surface area (Å²) in [4.78, 5) is 57.1. The monoisotopic (exact) mass is 581 g/mol. The Kier molecular flexibility index (Phi) is 8.03. The molecule has 1 aliphatic heterocycles. The molecule has 32 heavy (non-hydrogen) atoms. The van der Waals surface area contributed by atoms with Crippen LogP contribution in [0.15, 0.2) is 10.5 Å². The quantitative estimate of drug-likeness (QED) is 0.118. The van der Waals surface area contributed by atoms with E-state index in [4.69, 9.17) is 9.57 Å². The van der Waals surface area contributed by atoms with Gasteiger partial charge in [0.1, 0.15) is 17.3 Å². The van der Waals surface area contributed by atoms with Crippen LogP contribution in [0.25, 0.3) is 0 Å². The third-order valence-electron chi connectivity index (χ3n) is 3.92. The molecule has 0 spiro atoms. The number of ether oxygens (including phenoxy) is 1. The molecule has 176 valence electrons. The molecule has 0 bridgehead atoms. The number of aromatic nitrogens is 1. The highest BCUT2D eigenvalue weighted by molar-refractivity contribution is 14.1. The van der Waals surface area contributed by atoms with Gasteiger partial charge in [0.2, 0.25) is 11.5 Å². The number of thiazole rings is 1. The average Bonchev–Trinajstić information content (AvgIpc) is 3.10. The fourth-order valence-corrected chi connectivity index (χ4v) is 3.59. The number of rotatable bonds is 8. The van der Waals surface area contributed by atoms with Crippen LogP contribution >= 0.6 is 33.9 Å². The highest BCUT2D eigenvalue weighted by Crippen LogP contribution is 2.20. The van der Waals surface area contributed by atoms with Gasteiger partial charge in [-0.25, -0.2) is 14.6 Å². The van der Waals surface area contributed by atoms with Crippen LogP contribution in [0.2, 0.25) is 0 Å². The van der Waals surface area contributed by atoms with Gasteiger partial charge < -0.3 is 25.3 Å². The molecule has 1 aromatic rings. The summed E-state index contributed by atoms with van der Waals surface area (Å²) in [5.41, 5.74) is -2.77. The Morgan fingerprint density at radius 2 is 1.97 bits per heavy atom. The number of alkyl halides is 1. The zero-order chi connectivity index (χ0) is 24.3. The van der Waals surface area contributed by atoms with E-state index in [-0.39, 0.29) is 28.5 Å².